The lowest BCUT2D eigenvalue weighted by Gasteiger charge is -2.43. The largest absolute Gasteiger partial charge is 0.379 e. The van der Waals surface area contributed by atoms with Gasteiger partial charge in [-0.05, 0) is 64.7 Å². The van der Waals surface area contributed by atoms with Gasteiger partial charge in [0.1, 0.15) is 0 Å². The number of nitrogens with two attached hydrogens (primary N) is 1. The topological polar surface area (TPSA) is 64.3 Å². The van der Waals surface area contributed by atoms with E-state index in [1.165, 1.54) is 19.3 Å². The fraction of sp³-hybridized carbons (Fsp3) is 0.941. The second-order valence-electron chi connectivity index (χ2n) is 7.77. The van der Waals surface area contributed by atoms with Crippen molar-refractivity contribution in [2.75, 3.05) is 7.11 Å². The van der Waals surface area contributed by atoms with Crippen LogP contribution in [0.1, 0.15) is 59.3 Å². The van der Waals surface area contributed by atoms with Gasteiger partial charge in [0.2, 0.25) is 5.91 Å². The summed E-state index contributed by atoms with van der Waals surface area (Å²) in [5.41, 5.74) is 6.10. The van der Waals surface area contributed by atoms with Crippen LogP contribution < -0.4 is 11.1 Å². The highest BCUT2D eigenvalue weighted by atomic mass is 35.5. The first-order valence-corrected chi connectivity index (χ1v) is 8.43. The molecule has 0 spiro atoms. The van der Waals surface area contributed by atoms with Gasteiger partial charge in [0.25, 0.3) is 0 Å². The molecule has 3 N–H and O–H groups in total. The van der Waals surface area contributed by atoms with Gasteiger partial charge in [-0.2, -0.15) is 0 Å². The van der Waals surface area contributed by atoms with E-state index >= 15 is 0 Å². The molecule has 0 radical (unpaired) electrons. The number of nitrogens with one attached hydrogen (secondary N) is 1. The van der Waals surface area contributed by atoms with Crippen molar-refractivity contribution >= 4 is 18.3 Å². The third-order valence-corrected chi connectivity index (χ3v) is 5.52. The average Bonchev–Trinajstić information content (AvgIpc) is 2.37. The molecule has 0 aliphatic heterocycles. The summed E-state index contributed by atoms with van der Waals surface area (Å²) < 4.78 is 5.44. The summed E-state index contributed by atoms with van der Waals surface area (Å²) in [5.74, 6) is 1.49. The molecule has 0 heterocycles. The number of carbonyl (C=O) groups is 1. The Bertz CT molecular complexity index is 362. The Kier molecular flexibility index (Phi) is 7.16. The maximum atomic E-state index is 12.5. The first-order chi connectivity index (χ1) is 9.82. The molecule has 22 heavy (non-hydrogen) atoms. The lowest BCUT2D eigenvalue weighted by Crippen LogP contribution is -2.50. The molecule has 2 aliphatic carbocycles. The minimum absolute atomic E-state index is 0. The predicted octanol–water partition coefficient (Wildman–Crippen LogP) is 2.88. The molecule has 0 saturated heterocycles. The number of carbonyl (C=O) groups excluding carboxylic acids is 1. The van der Waals surface area contributed by atoms with E-state index in [9.17, 15) is 4.79 Å². The predicted molar refractivity (Wildman–Crippen MR) is 92.1 cm³/mol. The highest BCUT2D eigenvalue weighted by molar-refractivity contribution is 5.85. The summed E-state index contributed by atoms with van der Waals surface area (Å²) in [6.45, 7) is 6.17. The second kappa shape index (κ2) is 7.98. The Morgan fingerprint density at radius 1 is 1.32 bits per heavy atom. The Labute approximate surface area is 141 Å². The summed E-state index contributed by atoms with van der Waals surface area (Å²) in [6.07, 6.45) is 6.47. The van der Waals surface area contributed by atoms with Crippen LogP contribution in [-0.4, -0.2) is 30.7 Å². The fourth-order valence-electron chi connectivity index (χ4n) is 4.24. The van der Waals surface area contributed by atoms with Crippen LogP contribution in [0.25, 0.3) is 0 Å². The molecule has 5 heteroatoms. The first kappa shape index (κ1) is 19.7. The van der Waals surface area contributed by atoms with Crippen LogP contribution in [0.4, 0.5) is 0 Å². The van der Waals surface area contributed by atoms with E-state index in [0.29, 0.717) is 17.9 Å². The van der Waals surface area contributed by atoms with Gasteiger partial charge in [-0.25, -0.2) is 0 Å². The zero-order valence-electron chi connectivity index (χ0n) is 14.4. The van der Waals surface area contributed by atoms with Crippen molar-refractivity contribution in [1.82, 2.24) is 5.32 Å². The number of methoxy groups -OCH3 is 1. The molecule has 3 unspecified atom stereocenters. The van der Waals surface area contributed by atoms with Crippen molar-refractivity contribution in [3.63, 3.8) is 0 Å². The summed E-state index contributed by atoms with van der Waals surface area (Å²) in [6, 6.07) is 0.468. The van der Waals surface area contributed by atoms with Gasteiger partial charge in [-0.3, -0.25) is 4.79 Å². The summed E-state index contributed by atoms with van der Waals surface area (Å²) >= 11 is 0. The molecule has 4 nitrogen and oxygen atoms in total. The third-order valence-electron chi connectivity index (χ3n) is 5.52. The minimum atomic E-state index is -0.196. The van der Waals surface area contributed by atoms with Crippen LogP contribution >= 0.6 is 12.4 Å². The quantitative estimate of drug-likeness (QED) is 0.813. The highest BCUT2D eigenvalue weighted by Gasteiger charge is 2.40. The Balaban J connectivity index is 0.00000242. The molecule has 2 rings (SSSR count). The molecule has 2 aliphatic rings. The SMILES string of the molecule is COC(C)(C)CC(C)NC(=O)C1CC2CCCC(C1)C2N.Cl. The number of halogens is 1. The molecule has 2 bridgehead atoms. The van der Waals surface area contributed by atoms with Crippen LogP contribution in [0.5, 0.6) is 0 Å². The van der Waals surface area contributed by atoms with Gasteiger partial charge >= 0.3 is 0 Å². The molecule has 0 aromatic carbocycles. The van der Waals surface area contributed by atoms with Crippen molar-refractivity contribution < 1.29 is 9.53 Å². The molecule has 1 amide bonds. The van der Waals surface area contributed by atoms with Crippen LogP contribution in [0.2, 0.25) is 0 Å². The van der Waals surface area contributed by atoms with Crippen molar-refractivity contribution in [3.05, 3.63) is 0 Å². The average molecular weight is 333 g/mol. The van der Waals surface area contributed by atoms with Crippen LogP contribution in [0.3, 0.4) is 0 Å². The zero-order chi connectivity index (χ0) is 15.6. The molecule has 2 saturated carbocycles. The molecular formula is C17H33ClN2O2. The van der Waals surface area contributed by atoms with Crippen LogP contribution in [-0.2, 0) is 9.53 Å². The molecule has 130 valence electrons. The number of ether oxygens (including phenoxy) is 1. The van der Waals surface area contributed by atoms with E-state index in [-0.39, 0.29) is 35.9 Å². The number of hydrogen-bond donors (Lipinski definition) is 2. The lowest BCUT2D eigenvalue weighted by molar-refractivity contribution is -0.129. The van der Waals surface area contributed by atoms with E-state index in [1.807, 2.05) is 0 Å². The Morgan fingerprint density at radius 2 is 1.86 bits per heavy atom. The number of rotatable bonds is 5. The number of hydrogen-bond acceptors (Lipinski definition) is 3. The van der Waals surface area contributed by atoms with E-state index in [2.05, 4.69) is 26.1 Å². The summed E-state index contributed by atoms with van der Waals surface area (Å²) in [5, 5.41) is 3.18. The summed E-state index contributed by atoms with van der Waals surface area (Å²) in [4.78, 5) is 12.5. The monoisotopic (exact) mass is 332 g/mol. The molecular weight excluding hydrogens is 300 g/mol. The van der Waals surface area contributed by atoms with Crippen molar-refractivity contribution in [1.29, 1.82) is 0 Å². The molecule has 0 aromatic heterocycles. The highest BCUT2D eigenvalue weighted by Crippen LogP contribution is 2.41. The Hall–Kier alpha value is -0.320. The van der Waals surface area contributed by atoms with E-state index in [4.69, 9.17) is 10.5 Å². The lowest BCUT2D eigenvalue weighted by atomic mass is 9.65. The van der Waals surface area contributed by atoms with Gasteiger partial charge < -0.3 is 15.8 Å². The molecule has 2 fully saturated rings. The number of amides is 1. The van der Waals surface area contributed by atoms with E-state index in [0.717, 1.165) is 19.3 Å². The summed E-state index contributed by atoms with van der Waals surface area (Å²) in [7, 11) is 1.72. The standard InChI is InChI=1S/C17H32N2O2.ClH/c1-11(10-17(2,3)21-4)19-16(20)14-8-12-6-5-7-13(9-14)15(12)18;/h11-15H,5-10,18H2,1-4H3,(H,19,20);1H. The van der Waals surface area contributed by atoms with Gasteiger partial charge in [0.05, 0.1) is 5.60 Å². The van der Waals surface area contributed by atoms with Gasteiger partial charge in [0, 0.05) is 25.1 Å². The molecule has 0 aromatic rings. The van der Waals surface area contributed by atoms with Crippen molar-refractivity contribution in [2.24, 2.45) is 23.5 Å². The zero-order valence-corrected chi connectivity index (χ0v) is 15.2. The maximum Gasteiger partial charge on any atom is 0.223 e. The fourth-order valence-corrected chi connectivity index (χ4v) is 4.24. The number of fused-ring (bicyclic) bond motifs is 2. The Morgan fingerprint density at radius 3 is 2.36 bits per heavy atom. The van der Waals surface area contributed by atoms with E-state index < -0.39 is 0 Å². The maximum absolute atomic E-state index is 12.5. The smallest absolute Gasteiger partial charge is 0.223 e. The van der Waals surface area contributed by atoms with Crippen LogP contribution in [0, 0.1) is 17.8 Å². The van der Waals surface area contributed by atoms with Gasteiger partial charge in [-0.15, -0.1) is 12.4 Å². The minimum Gasteiger partial charge on any atom is -0.379 e. The molecule has 3 atom stereocenters. The van der Waals surface area contributed by atoms with Crippen molar-refractivity contribution in [2.45, 2.75) is 77.0 Å². The van der Waals surface area contributed by atoms with Gasteiger partial charge in [0.15, 0.2) is 0 Å². The van der Waals surface area contributed by atoms with Crippen LogP contribution in [0.15, 0.2) is 0 Å². The van der Waals surface area contributed by atoms with Gasteiger partial charge in [-0.1, -0.05) is 6.42 Å². The van der Waals surface area contributed by atoms with E-state index in [1.54, 1.807) is 7.11 Å². The van der Waals surface area contributed by atoms with Crippen molar-refractivity contribution in [3.8, 4) is 0 Å². The second-order valence-corrected chi connectivity index (χ2v) is 7.77. The first-order valence-electron chi connectivity index (χ1n) is 8.43. The third kappa shape index (κ3) is 4.84. The normalized spacial score (nSPS) is 32.8.